The fourth-order valence-electron chi connectivity index (χ4n) is 1.47. The van der Waals surface area contributed by atoms with Gasteiger partial charge in [0.1, 0.15) is 12.4 Å². The van der Waals surface area contributed by atoms with Gasteiger partial charge in [0, 0.05) is 23.5 Å². The minimum absolute atomic E-state index is 0.0646. The molecule has 1 N–H and O–H groups in total. The third kappa shape index (κ3) is 2.62. The molecule has 0 fully saturated rings. The van der Waals surface area contributed by atoms with Crippen molar-refractivity contribution in [1.29, 1.82) is 0 Å². The quantitative estimate of drug-likeness (QED) is 0.890. The van der Waals surface area contributed by atoms with Gasteiger partial charge in [-0.25, -0.2) is 18.7 Å². The van der Waals surface area contributed by atoms with Crippen molar-refractivity contribution in [3.05, 3.63) is 59.7 Å². The number of benzene rings is 1. The van der Waals surface area contributed by atoms with Gasteiger partial charge >= 0.3 is 0 Å². The van der Waals surface area contributed by atoms with E-state index < -0.39 is 12.5 Å². The zero-order chi connectivity index (χ0) is 12.3. The monoisotopic (exact) mass is 236 g/mol. The lowest BCUT2D eigenvalue weighted by atomic mass is 10.0. The van der Waals surface area contributed by atoms with E-state index in [0.29, 0.717) is 11.1 Å². The Kier molecular flexibility index (Phi) is 3.39. The smallest absolute Gasteiger partial charge is 0.263 e. The van der Waals surface area contributed by atoms with Gasteiger partial charge in [0.05, 0.1) is 0 Å². The molecule has 0 bridgehead atoms. The van der Waals surface area contributed by atoms with E-state index in [9.17, 15) is 13.9 Å². The molecule has 88 valence electrons. The SMILES string of the molecule is OC(c1ccc(C(F)F)cc1)c1cncnc1. The summed E-state index contributed by atoms with van der Waals surface area (Å²) in [5, 5.41) is 9.95. The predicted octanol–water partition coefficient (Wildman–Crippen LogP) is 2.50. The second-order valence-electron chi connectivity index (χ2n) is 3.54. The Morgan fingerprint density at radius 3 is 1.94 bits per heavy atom. The summed E-state index contributed by atoms with van der Waals surface area (Å²) < 4.78 is 24.7. The van der Waals surface area contributed by atoms with E-state index in [1.54, 1.807) is 0 Å². The topological polar surface area (TPSA) is 46.0 Å². The van der Waals surface area contributed by atoms with Gasteiger partial charge in [-0.15, -0.1) is 0 Å². The van der Waals surface area contributed by atoms with Crippen molar-refractivity contribution >= 4 is 0 Å². The molecule has 3 nitrogen and oxygen atoms in total. The predicted molar refractivity (Wildman–Crippen MR) is 57.5 cm³/mol. The van der Waals surface area contributed by atoms with Crippen molar-refractivity contribution in [2.24, 2.45) is 0 Å². The Labute approximate surface area is 96.8 Å². The van der Waals surface area contributed by atoms with Crippen LogP contribution in [-0.2, 0) is 0 Å². The fraction of sp³-hybridized carbons (Fsp3) is 0.167. The molecule has 17 heavy (non-hydrogen) atoms. The summed E-state index contributed by atoms with van der Waals surface area (Å²) in [6.45, 7) is 0. The maximum Gasteiger partial charge on any atom is 0.263 e. The average Bonchev–Trinajstić information content (AvgIpc) is 2.39. The summed E-state index contributed by atoms with van der Waals surface area (Å²) >= 11 is 0. The number of hydrogen-bond donors (Lipinski definition) is 1. The number of nitrogens with zero attached hydrogens (tertiary/aromatic N) is 2. The molecule has 1 aromatic heterocycles. The van der Waals surface area contributed by atoms with Gasteiger partial charge in [-0.05, 0) is 5.56 Å². The molecule has 2 rings (SSSR count). The Morgan fingerprint density at radius 2 is 1.41 bits per heavy atom. The molecule has 1 heterocycles. The van der Waals surface area contributed by atoms with Crippen LogP contribution in [0.2, 0.25) is 0 Å². The minimum atomic E-state index is -2.50. The Balaban J connectivity index is 2.23. The molecule has 0 spiro atoms. The van der Waals surface area contributed by atoms with Gasteiger partial charge in [-0.3, -0.25) is 0 Å². The van der Waals surface area contributed by atoms with Crippen LogP contribution >= 0.6 is 0 Å². The zero-order valence-electron chi connectivity index (χ0n) is 8.79. The van der Waals surface area contributed by atoms with Crippen molar-refractivity contribution in [3.8, 4) is 0 Å². The van der Waals surface area contributed by atoms with Crippen molar-refractivity contribution in [2.75, 3.05) is 0 Å². The first-order valence-electron chi connectivity index (χ1n) is 4.99. The summed E-state index contributed by atoms with van der Waals surface area (Å²) in [5.74, 6) is 0. The summed E-state index contributed by atoms with van der Waals surface area (Å²) in [7, 11) is 0. The Morgan fingerprint density at radius 1 is 0.882 bits per heavy atom. The Hall–Kier alpha value is -1.88. The van der Waals surface area contributed by atoms with E-state index in [2.05, 4.69) is 9.97 Å². The number of hydrogen-bond acceptors (Lipinski definition) is 3. The van der Waals surface area contributed by atoms with Crippen molar-refractivity contribution in [3.63, 3.8) is 0 Å². The average molecular weight is 236 g/mol. The van der Waals surface area contributed by atoms with Crippen LogP contribution in [0.1, 0.15) is 29.2 Å². The van der Waals surface area contributed by atoms with Crippen LogP contribution in [0.15, 0.2) is 43.0 Å². The highest BCUT2D eigenvalue weighted by Gasteiger charge is 2.12. The maximum atomic E-state index is 12.3. The summed E-state index contributed by atoms with van der Waals surface area (Å²) in [4.78, 5) is 7.57. The number of aliphatic hydroxyl groups is 1. The number of aromatic nitrogens is 2. The lowest BCUT2D eigenvalue weighted by molar-refractivity contribution is 0.151. The number of aliphatic hydroxyl groups excluding tert-OH is 1. The number of halogens is 2. The molecule has 0 aliphatic carbocycles. The second kappa shape index (κ2) is 4.97. The van der Waals surface area contributed by atoms with Gasteiger partial charge in [-0.2, -0.15) is 0 Å². The van der Waals surface area contributed by atoms with Crippen molar-refractivity contribution in [2.45, 2.75) is 12.5 Å². The second-order valence-corrected chi connectivity index (χ2v) is 3.54. The van der Waals surface area contributed by atoms with Gasteiger partial charge in [-0.1, -0.05) is 24.3 Å². The molecular weight excluding hydrogens is 226 g/mol. The highest BCUT2D eigenvalue weighted by molar-refractivity contribution is 5.30. The standard InChI is InChI=1S/C12H10F2N2O/c13-12(14)9-3-1-8(2-4-9)11(17)10-5-15-7-16-6-10/h1-7,11-12,17H. The molecule has 1 aromatic carbocycles. The van der Waals surface area contributed by atoms with Crippen LogP contribution in [0, 0.1) is 0 Å². The van der Waals surface area contributed by atoms with E-state index in [1.807, 2.05) is 0 Å². The zero-order valence-corrected chi connectivity index (χ0v) is 8.79. The molecule has 2 aromatic rings. The molecule has 5 heteroatoms. The molecule has 0 amide bonds. The molecule has 0 radical (unpaired) electrons. The van der Waals surface area contributed by atoms with Gasteiger partial charge in [0.15, 0.2) is 0 Å². The van der Waals surface area contributed by atoms with Crippen LogP contribution in [-0.4, -0.2) is 15.1 Å². The van der Waals surface area contributed by atoms with Crippen LogP contribution in [0.5, 0.6) is 0 Å². The van der Waals surface area contributed by atoms with E-state index in [4.69, 9.17) is 0 Å². The summed E-state index contributed by atoms with van der Waals surface area (Å²) in [6, 6.07) is 5.54. The fourth-order valence-corrected chi connectivity index (χ4v) is 1.47. The third-order valence-corrected chi connectivity index (χ3v) is 2.40. The van der Waals surface area contributed by atoms with Crippen LogP contribution in [0.25, 0.3) is 0 Å². The van der Waals surface area contributed by atoms with Crippen LogP contribution < -0.4 is 0 Å². The van der Waals surface area contributed by atoms with Crippen molar-refractivity contribution in [1.82, 2.24) is 9.97 Å². The van der Waals surface area contributed by atoms with E-state index in [0.717, 1.165) is 0 Å². The van der Waals surface area contributed by atoms with E-state index >= 15 is 0 Å². The van der Waals surface area contributed by atoms with Crippen LogP contribution in [0.3, 0.4) is 0 Å². The number of rotatable bonds is 3. The van der Waals surface area contributed by atoms with Crippen molar-refractivity contribution < 1.29 is 13.9 Å². The van der Waals surface area contributed by atoms with Crippen LogP contribution in [0.4, 0.5) is 8.78 Å². The largest absolute Gasteiger partial charge is 0.384 e. The highest BCUT2D eigenvalue weighted by atomic mass is 19.3. The molecule has 0 aliphatic rings. The van der Waals surface area contributed by atoms with Gasteiger partial charge in [0.25, 0.3) is 6.43 Å². The highest BCUT2D eigenvalue weighted by Crippen LogP contribution is 2.24. The lowest BCUT2D eigenvalue weighted by Gasteiger charge is -2.10. The molecule has 0 saturated heterocycles. The molecule has 0 aliphatic heterocycles. The molecule has 1 unspecified atom stereocenters. The van der Waals surface area contributed by atoms with E-state index in [1.165, 1.54) is 43.0 Å². The Bertz CT molecular complexity index is 474. The third-order valence-electron chi connectivity index (χ3n) is 2.40. The summed E-state index contributed by atoms with van der Waals surface area (Å²) in [6.07, 6.45) is 0.928. The molecular formula is C12H10F2N2O. The normalized spacial score (nSPS) is 12.7. The summed E-state index contributed by atoms with van der Waals surface area (Å²) in [5.41, 5.74) is 0.992. The first-order valence-corrected chi connectivity index (χ1v) is 4.99. The van der Waals surface area contributed by atoms with Gasteiger partial charge in [0.2, 0.25) is 0 Å². The lowest BCUT2D eigenvalue weighted by Crippen LogP contribution is -2.01. The minimum Gasteiger partial charge on any atom is -0.384 e. The maximum absolute atomic E-state index is 12.3. The van der Waals surface area contributed by atoms with E-state index in [-0.39, 0.29) is 5.56 Å². The van der Waals surface area contributed by atoms with Gasteiger partial charge < -0.3 is 5.11 Å². The first kappa shape index (κ1) is 11.6. The first-order chi connectivity index (χ1) is 8.18. The molecule has 0 saturated carbocycles. The molecule has 1 atom stereocenters. The number of alkyl halides is 2.